The highest BCUT2D eigenvalue weighted by Crippen LogP contribution is 2.13. The monoisotopic (exact) mass is 218 g/mol. The van der Waals surface area contributed by atoms with Crippen molar-refractivity contribution in [2.24, 2.45) is 5.16 Å². The summed E-state index contributed by atoms with van der Waals surface area (Å²) in [6.45, 7) is 6.15. The number of nitrogens with one attached hydrogen (secondary N) is 1. The van der Waals surface area contributed by atoms with E-state index in [0.29, 0.717) is 5.25 Å². The largest absolute Gasteiger partial charge is 0.433 e. The molecule has 1 unspecified atom stereocenters. The van der Waals surface area contributed by atoms with Gasteiger partial charge in [-0.15, -0.1) is 0 Å². The lowest BCUT2D eigenvalue weighted by Crippen LogP contribution is -2.17. The third-order valence-electron chi connectivity index (χ3n) is 1.64. The third kappa shape index (κ3) is 6.77. The number of hydrogen-bond acceptors (Lipinski definition) is 4. The summed E-state index contributed by atoms with van der Waals surface area (Å²) in [6, 6.07) is 0. The van der Waals surface area contributed by atoms with Crippen LogP contribution in [0, 0.1) is 0 Å². The van der Waals surface area contributed by atoms with Gasteiger partial charge in [0.1, 0.15) is 0 Å². The summed E-state index contributed by atoms with van der Waals surface area (Å²) in [5, 5.41) is 6.62. The molecular weight excluding hydrogens is 200 g/mol. The van der Waals surface area contributed by atoms with E-state index in [9.17, 15) is 4.79 Å². The van der Waals surface area contributed by atoms with E-state index in [2.05, 4.69) is 29.2 Å². The summed E-state index contributed by atoms with van der Waals surface area (Å²) in [4.78, 5) is 15.2. The summed E-state index contributed by atoms with van der Waals surface area (Å²) in [7, 11) is 1.50. The van der Waals surface area contributed by atoms with Gasteiger partial charge in [0.2, 0.25) is 0 Å². The molecule has 0 saturated heterocycles. The van der Waals surface area contributed by atoms with Gasteiger partial charge in [0, 0.05) is 18.1 Å². The maximum Gasteiger partial charge on any atom is 0.433 e. The molecule has 5 heteroatoms. The standard InChI is InChI=1S/C9H18N2O2S/c1-5-8(3)14-6-7(2)11-13-9(12)10-4/h8H,5-6H2,1-4H3,(H,10,12). The van der Waals surface area contributed by atoms with Gasteiger partial charge in [-0.1, -0.05) is 19.0 Å². The quantitative estimate of drug-likeness (QED) is 0.437. The van der Waals surface area contributed by atoms with E-state index in [1.807, 2.05) is 6.92 Å². The Bertz CT molecular complexity index is 207. The molecule has 1 N–H and O–H groups in total. The second-order valence-corrected chi connectivity index (χ2v) is 4.41. The Balaban J connectivity index is 3.72. The summed E-state index contributed by atoms with van der Waals surface area (Å²) in [6.07, 6.45) is 0.603. The van der Waals surface area contributed by atoms with E-state index >= 15 is 0 Å². The van der Waals surface area contributed by atoms with Gasteiger partial charge in [-0.25, -0.2) is 4.79 Å². The number of amides is 1. The average molecular weight is 218 g/mol. The highest BCUT2D eigenvalue weighted by molar-refractivity contribution is 8.00. The molecule has 0 aromatic heterocycles. The van der Waals surface area contributed by atoms with Gasteiger partial charge in [0.15, 0.2) is 0 Å². The van der Waals surface area contributed by atoms with Crippen LogP contribution < -0.4 is 5.32 Å². The van der Waals surface area contributed by atoms with Crippen LogP contribution in [-0.2, 0) is 4.84 Å². The van der Waals surface area contributed by atoms with Crippen LogP contribution in [-0.4, -0.2) is 29.9 Å². The van der Waals surface area contributed by atoms with Crippen molar-refractivity contribution in [1.82, 2.24) is 5.32 Å². The maximum atomic E-state index is 10.7. The van der Waals surface area contributed by atoms with Crippen molar-refractivity contribution in [3.05, 3.63) is 0 Å². The normalized spacial score (nSPS) is 13.6. The smallest absolute Gasteiger partial charge is 0.323 e. The van der Waals surface area contributed by atoms with Gasteiger partial charge in [-0.2, -0.15) is 11.8 Å². The average Bonchev–Trinajstić information content (AvgIpc) is 2.22. The molecule has 0 bridgehead atoms. The minimum atomic E-state index is -0.530. The molecule has 1 amide bonds. The molecule has 0 aliphatic heterocycles. The Kier molecular flexibility index (Phi) is 7.28. The Labute approximate surface area is 89.5 Å². The van der Waals surface area contributed by atoms with Gasteiger partial charge in [0.05, 0.1) is 5.71 Å². The van der Waals surface area contributed by atoms with Crippen LogP contribution in [0.5, 0.6) is 0 Å². The van der Waals surface area contributed by atoms with Gasteiger partial charge in [-0.3, -0.25) is 4.84 Å². The molecule has 0 aromatic rings. The number of hydrogen-bond donors (Lipinski definition) is 1. The Morgan fingerprint density at radius 2 is 2.29 bits per heavy atom. The summed E-state index contributed by atoms with van der Waals surface area (Å²) in [5.74, 6) is 0.798. The number of rotatable bonds is 5. The molecule has 1 atom stereocenters. The summed E-state index contributed by atoms with van der Waals surface area (Å²) in [5.41, 5.74) is 0.818. The van der Waals surface area contributed by atoms with Crippen molar-refractivity contribution >= 4 is 23.6 Å². The second kappa shape index (κ2) is 7.67. The lowest BCUT2D eigenvalue weighted by Gasteiger charge is -2.06. The molecule has 0 fully saturated rings. The predicted molar refractivity (Wildman–Crippen MR) is 60.9 cm³/mol. The number of carbonyl (C=O) groups is 1. The van der Waals surface area contributed by atoms with Crippen LogP contribution in [0.4, 0.5) is 4.79 Å². The van der Waals surface area contributed by atoms with Crippen molar-refractivity contribution in [2.45, 2.75) is 32.4 Å². The van der Waals surface area contributed by atoms with Crippen molar-refractivity contribution in [3.63, 3.8) is 0 Å². The van der Waals surface area contributed by atoms with Crippen molar-refractivity contribution in [2.75, 3.05) is 12.8 Å². The topological polar surface area (TPSA) is 50.7 Å². The molecule has 0 spiro atoms. The molecule has 0 aromatic carbocycles. The number of oxime groups is 1. The van der Waals surface area contributed by atoms with E-state index in [1.165, 1.54) is 7.05 Å². The maximum absolute atomic E-state index is 10.7. The molecule has 0 heterocycles. The second-order valence-electron chi connectivity index (χ2n) is 2.99. The van der Waals surface area contributed by atoms with Crippen molar-refractivity contribution in [1.29, 1.82) is 0 Å². The fourth-order valence-corrected chi connectivity index (χ4v) is 1.39. The third-order valence-corrected chi connectivity index (χ3v) is 3.13. The summed E-state index contributed by atoms with van der Waals surface area (Å²) < 4.78 is 0. The Hall–Kier alpha value is -0.710. The first-order valence-electron chi connectivity index (χ1n) is 4.64. The fourth-order valence-electron chi connectivity index (χ4n) is 0.572. The van der Waals surface area contributed by atoms with Crippen LogP contribution in [0.15, 0.2) is 5.16 Å². The van der Waals surface area contributed by atoms with Gasteiger partial charge in [0.25, 0.3) is 0 Å². The zero-order chi connectivity index (χ0) is 11.0. The van der Waals surface area contributed by atoms with E-state index in [1.54, 1.807) is 11.8 Å². The van der Waals surface area contributed by atoms with Crippen LogP contribution in [0.1, 0.15) is 27.2 Å². The van der Waals surface area contributed by atoms with E-state index in [-0.39, 0.29) is 0 Å². The van der Waals surface area contributed by atoms with Crippen molar-refractivity contribution < 1.29 is 9.63 Å². The first-order valence-corrected chi connectivity index (χ1v) is 5.68. The van der Waals surface area contributed by atoms with Gasteiger partial charge < -0.3 is 5.32 Å². The van der Waals surface area contributed by atoms with Crippen molar-refractivity contribution in [3.8, 4) is 0 Å². The fraction of sp³-hybridized carbons (Fsp3) is 0.778. The van der Waals surface area contributed by atoms with Crippen LogP contribution in [0.25, 0.3) is 0 Å². The Morgan fingerprint density at radius 1 is 1.64 bits per heavy atom. The Morgan fingerprint density at radius 3 is 2.79 bits per heavy atom. The molecule has 82 valence electrons. The zero-order valence-corrected chi connectivity index (χ0v) is 9.98. The molecule has 0 saturated carbocycles. The molecule has 0 aliphatic carbocycles. The minimum Gasteiger partial charge on any atom is -0.323 e. The van der Waals surface area contributed by atoms with E-state index in [0.717, 1.165) is 17.9 Å². The number of nitrogens with zero attached hydrogens (tertiary/aromatic N) is 1. The zero-order valence-electron chi connectivity index (χ0n) is 9.16. The number of thioether (sulfide) groups is 1. The lowest BCUT2D eigenvalue weighted by molar-refractivity contribution is 0.153. The van der Waals surface area contributed by atoms with Crippen LogP contribution >= 0.6 is 11.8 Å². The van der Waals surface area contributed by atoms with Gasteiger partial charge in [-0.05, 0) is 13.3 Å². The highest BCUT2D eigenvalue weighted by Gasteiger charge is 2.01. The van der Waals surface area contributed by atoms with Crippen LogP contribution in [0.2, 0.25) is 0 Å². The first kappa shape index (κ1) is 13.3. The van der Waals surface area contributed by atoms with E-state index < -0.39 is 6.09 Å². The highest BCUT2D eigenvalue weighted by atomic mass is 32.2. The molecule has 14 heavy (non-hydrogen) atoms. The molecule has 0 aliphatic rings. The van der Waals surface area contributed by atoms with Crippen LogP contribution in [0.3, 0.4) is 0 Å². The summed E-state index contributed by atoms with van der Waals surface area (Å²) >= 11 is 1.80. The molecule has 0 radical (unpaired) electrons. The first-order chi connectivity index (χ1) is 6.60. The lowest BCUT2D eigenvalue weighted by atomic mass is 10.4. The molecule has 4 nitrogen and oxygen atoms in total. The SMILES string of the molecule is CCC(C)SCC(C)=NOC(=O)NC. The van der Waals surface area contributed by atoms with E-state index in [4.69, 9.17) is 0 Å². The van der Waals surface area contributed by atoms with Gasteiger partial charge >= 0.3 is 6.09 Å². The molecular formula is C9H18N2O2S. The molecule has 0 rings (SSSR count). The predicted octanol–water partition coefficient (Wildman–Crippen LogP) is 2.25. The number of carbonyl (C=O) groups excluding carboxylic acids is 1. The minimum absolute atomic E-state index is 0.530.